The predicted molar refractivity (Wildman–Crippen MR) is 107 cm³/mol. The van der Waals surface area contributed by atoms with Crippen LogP contribution in [0.2, 0.25) is 0 Å². The molecule has 3 heterocycles. The van der Waals surface area contributed by atoms with Crippen molar-refractivity contribution >= 4 is 22.7 Å². The fourth-order valence-corrected chi connectivity index (χ4v) is 3.54. The lowest BCUT2D eigenvalue weighted by Crippen LogP contribution is -1.86. The number of hydrogen-bond donors (Lipinski definition) is 1. The number of aromatic nitrogens is 5. The molecule has 0 atom stereocenters. The second-order valence-electron chi connectivity index (χ2n) is 6.15. The van der Waals surface area contributed by atoms with E-state index in [2.05, 4.69) is 25.3 Å². The summed E-state index contributed by atoms with van der Waals surface area (Å²) >= 11 is 1.34. The van der Waals surface area contributed by atoms with E-state index in [0.29, 0.717) is 28.6 Å². The molecule has 3 aromatic heterocycles. The highest BCUT2D eigenvalue weighted by atomic mass is 32.2. The Morgan fingerprint density at radius 2 is 2.03 bits per heavy atom. The number of ether oxygens (including phenoxy) is 1. The summed E-state index contributed by atoms with van der Waals surface area (Å²) in [6.45, 7) is 0. The van der Waals surface area contributed by atoms with Crippen LogP contribution in [-0.2, 0) is 5.75 Å². The Hall–Kier alpha value is -3.59. The first-order chi connectivity index (χ1) is 14.3. The lowest BCUT2D eigenvalue weighted by molar-refractivity contribution is 0.390. The third kappa shape index (κ3) is 3.47. The average Bonchev–Trinajstić information content (AvgIpc) is 3.51. The Morgan fingerprint density at radius 1 is 1.10 bits per heavy atom. The van der Waals surface area contributed by atoms with Crippen molar-refractivity contribution in [2.45, 2.75) is 11.0 Å². The number of nitrogens with zero attached hydrogens (tertiary/aromatic N) is 4. The summed E-state index contributed by atoms with van der Waals surface area (Å²) in [4.78, 5) is 7.62. The Morgan fingerprint density at radius 3 is 2.97 bits per heavy atom. The summed E-state index contributed by atoms with van der Waals surface area (Å²) in [6.07, 6.45) is 1.87. The van der Waals surface area contributed by atoms with Crippen molar-refractivity contribution in [2.75, 3.05) is 7.11 Å². The minimum atomic E-state index is 0.423. The fraction of sp³-hybridized carbons (Fsp3) is 0.100. The first-order valence-corrected chi connectivity index (χ1v) is 9.78. The van der Waals surface area contributed by atoms with E-state index in [4.69, 9.17) is 13.7 Å². The van der Waals surface area contributed by atoms with Gasteiger partial charge in [0.1, 0.15) is 5.75 Å². The summed E-state index contributed by atoms with van der Waals surface area (Å²) in [6, 6.07) is 15.5. The van der Waals surface area contributed by atoms with Crippen LogP contribution < -0.4 is 4.74 Å². The van der Waals surface area contributed by atoms with Gasteiger partial charge < -0.3 is 18.7 Å². The highest BCUT2D eigenvalue weighted by molar-refractivity contribution is 7.98. The van der Waals surface area contributed by atoms with Crippen molar-refractivity contribution in [1.29, 1.82) is 0 Å². The summed E-state index contributed by atoms with van der Waals surface area (Å²) in [7, 11) is 1.62. The SMILES string of the molecule is COc1cccc(-c2noc(CSc3nnc(-c4c[nH]c5ccccc45)o3)n2)c1. The molecule has 0 fully saturated rings. The van der Waals surface area contributed by atoms with Crippen molar-refractivity contribution in [3.8, 4) is 28.6 Å². The minimum absolute atomic E-state index is 0.423. The summed E-state index contributed by atoms with van der Waals surface area (Å²) in [5.41, 5.74) is 2.72. The van der Waals surface area contributed by atoms with Gasteiger partial charge >= 0.3 is 0 Å². The minimum Gasteiger partial charge on any atom is -0.497 e. The highest BCUT2D eigenvalue weighted by Gasteiger charge is 2.15. The van der Waals surface area contributed by atoms with Crippen molar-refractivity contribution < 1.29 is 13.7 Å². The van der Waals surface area contributed by atoms with Gasteiger partial charge in [0.15, 0.2) is 0 Å². The quantitative estimate of drug-likeness (QED) is 0.410. The first kappa shape index (κ1) is 17.5. The molecular weight excluding hydrogens is 390 g/mol. The lowest BCUT2D eigenvalue weighted by Gasteiger charge is -1.99. The number of aromatic amines is 1. The van der Waals surface area contributed by atoms with Gasteiger partial charge in [-0.05, 0) is 18.2 Å². The molecule has 0 radical (unpaired) electrons. The third-order valence-electron chi connectivity index (χ3n) is 4.34. The van der Waals surface area contributed by atoms with Crippen LogP contribution in [0, 0.1) is 0 Å². The number of rotatable bonds is 6. The maximum absolute atomic E-state index is 5.79. The van der Waals surface area contributed by atoms with E-state index in [1.807, 2.05) is 54.7 Å². The Balaban J connectivity index is 1.30. The molecule has 0 aliphatic carbocycles. The molecule has 0 aliphatic rings. The summed E-state index contributed by atoms with van der Waals surface area (Å²) in [5, 5.41) is 13.8. The molecule has 5 aromatic rings. The third-order valence-corrected chi connectivity index (χ3v) is 5.14. The summed E-state index contributed by atoms with van der Waals surface area (Å²) in [5.74, 6) is 2.60. The number of H-pyrrole nitrogens is 1. The predicted octanol–water partition coefficient (Wildman–Crippen LogP) is 4.57. The van der Waals surface area contributed by atoms with Gasteiger partial charge in [0.05, 0.1) is 18.4 Å². The molecule has 144 valence electrons. The fourth-order valence-electron chi connectivity index (χ4n) is 2.94. The Bertz CT molecular complexity index is 1280. The maximum Gasteiger partial charge on any atom is 0.277 e. The first-order valence-electron chi connectivity index (χ1n) is 8.80. The van der Waals surface area contributed by atoms with Crippen LogP contribution in [0.1, 0.15) is 5.89 Å². The van der Waals surface area contributed by atoms with Crippen LogP contribution in [0.3, 0.4) is 0 Å². The zero-order valence-corrected chi connectivity index (χ0v) is 16.1. The van der Waals surface area contributed by atoms with Gasteiger partial charge in [0.2, 0.25) is 11.7 Å². The second-order valence-corrected chi connectivity index (χ2v) is 7.08. The molecule has 5 rings (SSSR count). The molecule has 8 nitrogen and oxygen atoms in total. The number of benzene rings is 2. The van der Waals surface area contributed by atoms with Crippen molar-refractivity contribution in [3.63, 3.8) is 0 Å². The average molecular weight is 405 g/mol. The number of nitrogens with one attached hydrogen (secondary N) is 1. The maximum atomic E-state index is 5.79. The molecule has 9 heteroatoms. The molecule has 0 saturated heterocycles. The monoisotopic (exact) mass is 405 g/mol. The molecule has 0 bridgehead atoms. The summed E-state index contributed by atoms with van der Waals surface area (Å²) < 4.78 is 16.4. The number of thioether (sulfide) groups is 1. The standard InChI is InChI=1S/C20H15N5O3S/c1-26-13-6-4-5-12(9-13)18-22-17(28-25-18)11-29-20-24-23-19(27-20)15-10-21-16-8-3-2-7-14(15)16/h2-10,21H,11H2,1H3. The van der Waals surface area contributed by atoms with Crippen LogP contribution >= 0.6 is 11.8 Å². The zero-order valence-electron chi connectivity index (χ0n) is 15.3. The van der Waals surface area contributed by atoms with Gasteiger partial charge in [-0.1, -0.05) is 47.3 Å². The van der Waals surface area contributed by atoms with Gasteiger partial charge in [0.25, 0.3) is 11.1 Å². The molecule has 0 aliphatic heterocycles. The van der Waals surface area contributed by atoms with E-state index in [1.165, 1.54) is 11.8 Å². The van der Waals surface area contributed by atoms with E-state index in [0.717, 1.165) is 27.8 Å². The van der Waals surface area contributed by atoms with Gasteiger partial charge in [-0.15, -0.1) is 10.2 Å². The molecular formula is C20H15N5O3S. The molecule has 2 aromatic carbocycles. The zero-order chi connectivity index (χ0) is 19.6. The highest BCUT2D eigenvalue weighted by Crippen LogP contribution is 2.30. The van der Waals surface area contributed by atoms with E-state index in [-0.39, 0.29) is 0 Å². The van der Waals surface area contributed by atoms with Crippen molar-refractivity contribution in [3.05, 3.63) is 60.6 Å². The van der Waals surface area contributed by atoms with Gasteiger partial charge in [0, 0.05) is 22.7 Å². The number of hydrogen-bond acceptors (Lipinski definition) is 8. The Labute approximate surface area is 169 Å². The van der Waals surface area contributed by atoms with Crippen LogP contribution in [0.25, 0.3) is 33.7 Å². The smallest absolute Gasteiger partial charge is 0.277 e. The molecule has 0 saturated carbocycles. The van der Waals surface area contributed by atoms with Crippen molar-refractivity contribution in [1.82, 2.24) is 25.3 Å². The molecule has 0 amide bonds. The molecule has 0 unspecified atom stereocenters. The van der Waals surface area contributed by atoms with Crippen LogP contribution in [0.15, 0.2) is 68.9 Å². The second kappa shape index (κ2) is 7.44. The molecule has 1 N–H and O–H groups in total. The molecule has 29 heavy (non-hydrogen) atoms. The van der Waals surface area contributed by atoms with E-state index in [1.54, 1.807) is 7.11 Å². The molecule has 0 spiro atoms. The normalized spacial score (nSPS) is 11.2. The van der Waals surface area contributed by atoms with Crippen LogP contribution in [0.4, 0.5) is 0 Å². The number of para-hydroxylation sites is 1. The number of fused-ring (bicyclic) bond motifs is 1. The largest absolute Gasteiger partial charge is 0.497 e. The van der Waals surface area contributed by atoms with Crippen LogP contribution in [0.5, 0.6) is 5.75 Å². The Kier molecular flexibility index (Phi) is 4.49. The van der Waals surface area contributed by atoms with E-state index >= 15 is 0 Å². The topological polar surface area (TPSA) is 103 Å². The van der Waals surface area contributed by atoms with Gasteiger partial charge in [-0.2, -0.15) is 4.98 Å². The number of methoxy groups -OCH3 is 1. The lowest BCUT2D eigenvalue weighted by atomic mass is 10.2. The van der Waals surface area contributed by atoms with E-state index in [9.17, 15) is 0 Å². The van der Waals surface area contributed by atoms with Crippen molar-refractivity contribution in [2.24, 2.45) is 0 Å². The van der Waals surface area contributed by atoms with Gasteiger partial charge in [-0.3, -0.25) is 0 Å². The van der Waals surface area contributed by atoms with Crippen LogP contribution in [-0.4, -0.2) is 32.4 Å². The van der Waals surface area contributed by atoms with Gasteiger partial charge in [-0.25, -0.2) is 0 Å². The van der Waals surface area contributed by atoms with E-state index < -0.39 is 0 Å².